The van der Waals surface area contributed by atoms with Gasteiger partial charge >= 0.3 is 0 Å². The van der Waals surface area contributed by atoms with E-state index in [-0.39, 0.29) is 11.9 Å². The summed E-state index contributed by atoms with van der Waals surface area (Å²) < 4.78 is 12.4. The number of carbonyl (C=O) groups is 1. The maximum absolute atomic E-state index is 12.6. The average Bonchev–Trinajstić information content (AvgIpc) is 3.34. The quantitative estimate of drug-likeness (QED) is 0.577. The van der Waals surface area contributed by atoms with Gasteiger partial charge in [0.1, 0.15) is 5.75 Å². The molecule has 1 amide bonds. The molecule has 3 aromatic rings. The molecule has 31 heavy (non-hydrogen) atoms. The molecule has 2 aromatic heterocycles. The number of likely N-dealkylation sites (tertiary alicyclic amines) is 1. The molecule has 1 aromatic carbocycles. The van der Waals surface area contributed by atoms with Gasteiger partial charge < -0.3 is 14.2 Å². The Morgan fingerprint density at radius 1 is 1.16 bits per heavy atom. The van der Waals surface area contributed by atoms with Crippen molar-refractivity contribution in [3.8, 4) is 17.3 Å². The Balaban J connectivity index is 1.12. The number of hydrogen-bond acceptors (Lipinski definition) is 7. The molecule has 0 bridgehead atoms. The van der Waals surface area contributed by atoms with E-state index in [4.69, 9.17) is 9.26 Å². The van der Waals surface area contributed by atoms with Crippen LogP contribution in [0.25, 0.3) is 11.6 Å². The number of rotatable bonds is 7. The lowest BCUT2D eigenvalue weighted by molar-refractivity contribution is -0.132. The maximum Gasteiger partial charge on any atom is 0.280 e. The summed E-state index contributed by atoms with van der Waals surface area (Å²) in [6.45, 7) is 1.46. The molecule has 9 nitrogen and oxygen atoms in total. The molecule has 1 aliphatic carbocycles. The fourth-order valence-electron chi connectivity index (χ4n) is 3.98. The lowest BCUT2D eigenvalue weighted by Gasteiger charge is -2.32. The van der Waals surface area contributed by atoms with E-state index in [2.05, 4.69) is 20.5 Å². The molecule has 3 heterocycles. The van der Waals surface area contributed by atoms with Crippen LogP contribution in [0.1, 0.15) is 55.5 Å². The van der Waals surface area contributed by atoms with Crippen LogP contribution < -0.4 is 4.74 Å². The van der Waals surface area contributed by atoms with Crippen LogP contribution in [0.3, 0.4) is 0 Å². The van der Waals surface area contributed by atoms with E-state index in [1.807, 2.05) is 40.0 Å². The first kappa shape index (κ1) is 19.7. The third-order valence-corrected chi connectivity index (χ3v) is 6.09. The molecule has 0 spiro atoms. The first-order valence-corrected chi connectivity index (χ1v) is 10.9. The highest BCUT2D eigenvalue weighted by molar-refractivity contribution is 5.76. The summed E-state index contributed by atoms with van der Waals surface area (Å²) >= 11 is 0. The van der Waals surface area contributed by atoms with E-state index in [0.717, 1.165) is 62.3 Å². The molecule has 0 unspecified atom stereocenters. The first-order valence-electron chi connectivity index (χ1n) is 10.9. The Bertz CT molecular complexity index is 1030. The van der Waals surface area contributed by atoms with Gasteiger partial charge in [0.2, 0.25) is 5.91 Å². The summed E-state index contributed by atoms with van der Waals surface area (Å²) in [6.07, 6.45) is 7.10. The second kappa shape index (κ2) is 8.49. The van der Waals surface area contributed by atoms with Gasteiger partial charge in [-0.05, 0) is 49.8 Å². The molecule has 2 fully saturated rings. The number of carbonyl (C=O) groups excluding carboxylic acids is 1. The summed E-state index contributed by atoms with van der Waals surface area (Å²) in [4.78, 5) is 19.0. The van der Waals surface area contributed by atoms with Crippen molar-refractivity contribution in [2.45, 2.75) is 50.5 Å². The molecule has 162 valence electrons. The van der Waals surface area contributed by atoms with E-state index in [0.29, 0.717) is 23.9 Å². The normalized spacial score (nSPS) is 17.1. The fourth-order valence-corrected chi connectivity index (χ4v) is 3.98. The van der Waals surface area contributed by atoms with Gasteiger partial charge in [0.25, 0.3) is 5.89 Å². The molecule has 1 saturated heterocycles. The Morgan fingerprint density at radius 3 is 2.65 bits per heavy atom. The molecule has 1 aliphatic heterocycles. The minimum Gasteiger partial charge on any atom is -0.497 e. The van der Waals surface area contributed by atoms with Crippen LogP contribution in [0.15, 0.2) is 35.0 Å². The molecule has 0 atom stereocenters. The van der Waals surface area contributed by atoms with Gasteiger partial charge in [-0.2, -0.15) is 4.98 Å². The van der Waals surface area contributed by atoms with Crippen molar-refractivity contribution >= 4 is 5.91 Å². The number of ether oxygens (including phenoxy) is 1. The van der Waals surface area contributed by atoms with Crippen LogP contribution in [0.5, 0.6) is 5.75 Å². The van der Waals surface area contributed by atoms with E-state index in [9.17, 15) is 4.79 Å². The largest absolute Gasteiger partial charge is 0.497 e. The van der Waals surface area contributed by atoms with Crippen molar-refractivity contribution in [1.29, 1.82) is 0 Å². The van der Waals surface area contributed by atoms with Gasteiger partial charge in [0.05, 0.1) is 19.3 Å². The summed E-state index contributed by atoms with van der Waals surface area (Å²) in [5, 5.41) is 12.5. The van der Waals surface area contributed by atoms with Crippen LogP contribution in [0, 0.1) is 0 Å². The summed E-state index contributed by atoms with van der Waals surface area (Å²) in [5.74, 6) is 2.67. The predicted molar refractivity (Wildman–Crippen MR) is 111 cm³/mol. The number of methoxy groups -OCH3 is 1. The minimum atomic E-state index is 0.201. The zero-order chi connectivity index (χ0) is 21.2. The van der Waals surface area contributed by atoms with Gasteiger partial charge in [0.15, 0.2) is 11.5 Å². The van der Waals surface area contributed by atoms with Gasteiger partial charge in [0, 0.05) is 25.4 Å². The highest BCUT2D eigenvalue weighted by Gasteiger charge is 2.30. The lowest BCUT2D eigenvalue weighted by Crippen LogP contribution is -2.39. The molecule has 5 rings (SSSR count). The van der Waals surface area contributed by atoms with Crippen LogP contribution in [-0.2, 0) is 11.2 Å². The standard InChI is InChI=1S/C22H26N6O3/c1-30-18-7-2-15(3-8-18)4-9-20(29)27-12-10-17(11-13-27)28-14-19(24-26-28)22-23-21(25-31-22)16-5-6-16/h2-3,7-8,14,16-17H,4-6,9-13H2,1H3. The van der Waals surface area contributed by atoms with Crippen molar-refractivity contribution in [3.05, 3.63) is 41.9 Å². The molecule has 0 radical (unpaired) electrons. The predicted octanol–water partition coefficient (Wildman–Crippen LogP) is 3.01. The lowest BCUT2D eigenvalue weighted by atomic mass is 10.0. The van der Waals surface area contributed by atoms with E-state index >= 15 is 0 Å². The van der Waals surface area contributed by atoms with Crippen LogP contribution in [0.4, 0.5) is 0 Å². The number of benzene rings is 1. The number of hydrogen-bond donors (Lipinski definition) is 0. The van der Waals surface area contributed by atoms with Gasteiger partial charge in [-0.25, -0.2) is 4.68 Å². The van der Waals surface area contributed by atoms with Gasteiger partial charge in [-0.15, -0.1) is 5.10 Å². The van der Waals surface area contributed by atoms with Gasteiger partial charge in [-0.1, -0.05) is 22.5 Å². The number of piperidine rings is 1. The van der Waals surface area contributed by atoms with Crippen LogP contribution in [0.2, 0.25) is 0 Å². The second-order valence-electron chi connectivity index (χ2n) is 8.28. The number of amides is 1. The monoisotopic (exact) mass is 422 g/mol. The maximum atomic E-state index is 12.6. The van der Waals surface area contributed by atoms with Gasteiger partial charge in [-0.3, -0.25) is 4.79 Å². The average molecular weight is 422 g/mol. The Hall–Kier alpha value is -3.23. The zero-order valence-electron chi connectivity index (χ0n) is 17.6. The molecular weight excluding hydrogens is 396 g/mol. The Labute approximate surface area is 180 Å². The third-order valence-electron chi connectivity index (χ3n) is 6.09. The highest BCUT2D eigenvalue weighted by atomic mass is 16.5. The summed E-state index contributed by atoms with van der Waals surface area (Å²) in [6, 6.07) is 8.10. The number of aryl methyl sites for hydroxylation is 1. The summed E-state index contributed by atoms with van der Waals surface area (Å²) in [5.41, 5.74) is 1.75. The van der Waals surface area contributed by atoms with Crippen molar-refractivity contribution in [3.63, 3.8) is 0 Å². The van der Waals surface area contributed by atoms with E-state index < -0.39 is 0 Å². The topological polar surface area (TPSA) is 99.2 Å². The highest BCUT2D eigenvalue weighted by Crippen LogP contribution is 2.38. The summed E-state index contributed by atoms with van der Waals surface area (Å²) in [7, 11) is 1.65. The number of nitrogens with zero attached hydrogens (tertiary/aromatic N) is 6. The SMILES string of the molecule is COc1ccc(CCC(=O)N2CCC(n3cc(-c4nc(C5CC5)no4)nn3)CC2)cc1. The second-order valence-corrected chi connectivity index (χ2v) is 8.28. The fraction of sp³-hybridized carbons (Fsp3) is 0.500. The zero-order valence-corrected chi connectivity index (χ0v) is 17.6. The number of aromatic nitrogens is 5. The van der Waals surface area contributed by atoms with Crippen LogP contribution >= 0.6 is 0 Å². The minimum absolute atomic E-state index is 0.201. The molecular formula is C22H26N6O3. The smallest absolute Gasteiger partial charge is 0.280 e. The Kier molecular flexibility index (Phi) is 5.40. The molecule has 0 N–H and O–H groups in total. The molecule has 9 heteroatoms. The Morgan fingerprint density at radius 2 is 1.94 bits per heavy atom. The molecule has 2 aliphatic rings. The van der Waals surface area contributed by atoms with Crippen molar-refractivity contribution in [1.82, 2.24) is 30.0 Å². The van der Waals surface area contributed by atoms with Crippen molar-refractivity contribution < 1.29 is 14.1 Å². The van der Waals surface area contributed by atoms with Crippen molar-refractivity contribution in [2.24, 2.45) is 0 Å². The molecule has 1 saturated carbocycles. The van der Waals surface area contributed by atoms with Crippen molar-refractivity contribution in [2.75, 3.05) is 20.2 Å². The third kappa shape index (κ3) is 4.45. The van der Waals surface area contributed by atoms with Crippen LogP contribution in [-0.4, -0.2) is 56.1 Å². The van der Waals surface area contributed by atoms with E-state index in [1.165, 1.54) is 0 Å². The first-order chi connectivity index (χ1) is 15.2. The van der Waals surface area contributed by atoms with E-state index in [1.54, 1.807) is 7.11 Å².